The molecule has 0 aliphatic carbocycles. The largest absolute Gasteiger partial charge is 4.00 e. The van der Waals surface area contributed by atoms with Crippen LogP contribution in [0.3, 0.4) is 0 Å². The Balaban J connectivity index is 0.000000253. The minimum atomic E-state index is 0. The van der Waals surface area contributed by atoms with E-state index in [1.54, 1.807) is 10.6 Å². The van der Waals surface area contributed by atoms with Crippen LogP contribution in [0.1, 0.15) is 55.4 Å². The van der Waals surface area contributed by atoms with Crippen LogP contribution in [0.5, 0.6) is 0 Å². The second-order valence-corrected chi connectivity index (χ2v) is 16.7. The van der Waals surface area contributed by atoms with E-state index in [1.165, 1.54) is 46.2 Å². The van der Waals surface area contributed by atoms with E-state index < -0.39 is 0 Å². The quantitative estimate of drug-likeness (QED) is 0.0880. The molecule has 0 saturated heterocycles. The van der Waals surface area contributed by atoms with Crippen LogP contribution in [0.2, 0.25) is 0 Å². The number of hydrogen-bond donors (Lipinski definition) is 0. The topological polar surface area (TPSA) is 0 Å². The Hall–Kier alpha value is -0.610. The van der Waals surface area contributed by atoms with Gasteiger partial charge < -0.3 is 0 Å². The van der Waals surface area contributed by atoms with Crippen molar-refractivity contribution in [2.24, 2.45) is 23.7 Å². The Morgan fingerprint density at radius 3 is 1.08 bits per heavy atom. The Labute approximate surface area is 249 Å². The standard InChI is InChI=1S/2C17H24P.Hf/c2*1-13(2)11-18(12-14(3)4)17-9-15-7-5-6-8-16(15)10-17;/h2*5-10,13-14H,11-12H2,1-4H3;/q2*-1;+4. The average Bonchev–Trinajstić information content (AvgIpc) is 3.42. The van der Waals surface area contributed by atoms with Crippen LogP contribution in [0.25, 0.3) is 21.5 Å². The molecule has 0 atom stereocenters. The number of rotatable bonds is 10. The number of fused-ring (bicyclic) bond motifs is 2. The third kappa shape index (κ3) is 10.5. The van der Waals surface area contributed by atoms with Gasteiger partial charge in [0.15, 0.2) is 0 Å². The molecule has 0 radical (unpaired) electrons. The fourth-order valence-corrected chi connectivity index (χ4v) is 10.9. The first-order chi connectivity index (χ1) is 17.1. The summed E-state index contributed by atoms with van der Waals surface area (Å²) >= 11 is 0. The Morgan fingerprint density at radius 1 is 0.514 bits per heavy atom. The molecule has 0 nitrogen and oxygen atoms in total. The summed E-state index contributed by atoms with van der Waals surface area (Å²) in [7, 11) is 0.0370. The molecular weight excluding hydrogens is 649 g/mol. The minimum absolute atomic E-state index is 0. The van der Waals surface area contributed by atoms with Crippen molar-refractivity contribution < 1.29 is 25.8 Å². The van der Waals surface area contributed by atoms with Crippen molar-refractivity contribution in [1.82, 2.24) is 0 Å². The maximum atomic E-state index is 2.42. The van der Waals surface area contributed by atoms with Crippen LogP contribution < -0.4 is 10.6 Å². The molecule has 0 N–H and O–H groups in total. The predicted molar refractivity (Wildman–Crippen MR) is 171 cm³/mol. The molecule has 4 aromatic rings. The van der Waals surface area contributed by atoms with Gasteiger partial charge in [0.2, 0.25) is 0 Å². The summed E-state index contributed by atoms with van der Waals surface area (Å²) in [6.45, 7) is 18.8. The molecule has 0 bridgehead atoms. The van der Waals surface area contributed by atoms with E-state index in [-0.39, 0.29) is 41.7 Å². The van der Waals surface area contributed by atoms with Gasteiger partial charge in [0.25, 0.3) is 0 Å². The van der Waals surface area contributed by atoms with Gasteiger partial charge in [0, 0.05) is 0 Å². The minimum Gasteiger partial charge on any atom is -0.161 e. The second-order valence-electron chi connectivity index (χ2n) is 12.1. The van der Waals surface area contributed by atoms with Crippen molar-refractivity contribution in [1.29, 1.82) is 0 Å². The van der Waals surface area contributed by atoms with Gasteiger partial charge in [-0.25, -0.2) is 0 Å². The summed E-state index contributed by atoms with van der Waals surface area (Å²) in [5, 5.41) is 8.85. The molecule has 0 spiro atoms. The van der Waals surface area contributed by atoms with Crippen molar-refractivity contribution in [3.63, 3.8) is 0 Å². The normalized spacial score (nSPS) is 11.8. The van der Waals surface area contributed by atoms with Crippen LogP contribution in [0.15, 0.2) is 72.8 Å². The van der Waals surface area contributed by atoms with Crippen LogP contribution in [-0.4, -0.2) is 24.6 Å². The molecule has 0 amide bonds. The smallest absolute Gasteiger partial charge is 0.161 e. The van der Waals surface area contributed by atoms with Gasteiger partial charge in [-0.3, -0.25) is 0 Å². The van der Waals surface area contributed by atoms with Gasteiger partial charge in [-0.1, -0.05) is 83.4 Å². The first kappa shape index (κ1) is 32.6. The molecule has 0 fully saturated rings. The fourth-order valence-electron chi connectivity index (χ4n) is 4.97. The maximum absolute atomic E-state index is 2.42. The van der Waals surface area contributed by atoms with E-state index in [1.807, 2.05) is 0 Å². The first-order valence-electron chi connectivity index (χ1n) is 13.9. The monoisotopic (exact) mass is 698 g/mol. The predicted octanol–water partition coefficient (Wildman–Crippen LogP) is 9.95. The fraction of sp³-hybridized carbons (Fsp3) is 0.471. The van der Waals surface area contributed by atoms with Gasteiger partial charge in [0.05, 0.1) is 0 Å². The SMILES string of the molecule is CC(C)CP(CC(C)C)c1cc2ccccc2[cH-]1.CC(C)CP(CC(C)C)c1cc2ccccc2[cH-]1.[Hf+4]. The third-order valence-corrected chi connectivity index (χ3v) is 12.9. The van der Waals surface area contributed by atoms with Crippen LogP contribution in [0.4, 0.5) is 0 Å². The second kappa shape index (κ2) is 15.8. The molecule has 0 saturated carbocycles. The molecule has 0 aliphatic rings. The molecular formula is C34H48HfP2+2. The van der Waals surface area contributed by atoms with Crippen LogP contribution in [0, 0.1) is 23.7 Å². The Morgan fingerprint density at radius 2 is 0.811 bits per heavy atom. The van der Waals surface area contributed by atoms with Crippen molar-refractivity contribution in [2.75, 3.05) is 24.6 Å². The van der Waals surface area contributed by atoms with Gasteiger partial charge in [0.1, 0.15) is 0 Å². The van der Waals surface area contributed by atoms with Gasteiger partial charge >= 0.3 is 25.8 Å². The van der Waals surface area contributed by atoms with Crippen LogP contribution >= 0.6 is 15.8 Å². The summed E-state index contributed by atoms with van der Waals surface area (Å²) < 4.78 is 0. The molecule has 37 heavy (non-hydrogen) atoms. The van der Waals surface area contributed by atoms with Crippen molar-refractivity contribution in [3.05, 3.63) is 72.8 Å². The summed E-state index contributed by atoms with van der Waals surface area (Å²) in [6, 6.07) is 27.2. The van der Waals surface area contributed by atoms with Gasteiger partial charge in [-0.2, -0.15) is 12.1 Å². The van der Waals surface area contributed by atoms with Gasteiger partial charge in [-0.15, -0.1) is 80.7 Å². The Bertz CT molecular complexity index is 1000. The summed E-state index contributed by atoms with van der Waals surface area (Å²) in [6.07, 6.45) is 5.46. The molecule has 4 rings (SSSR count). The molecule has 196 valence electrons. The average molecular weight is 697 g/mol. The zero-order chi connectivity index (χ0) is 26.2. The summed E-state index contributed by atoms with van der Waals surface area (Å²) in [4.78, 5) is 0. The zero-order valence-corrected chi connectivity index (χ0v) is 29.8. The summed E-state index contributed by atoms with van der Waals surface area (Å²) in [5.41, 5.74) is 0. The molecule has 0 aromatic heterocycles. The van der Waals surface area contributed by atoms with Crippen molar-refractivity contribution in [3.8, 4) is 0 Å². The van der Waals surface area contributed by atoms with E-state index >= 15 is 0 Å². The molecule has 3 heteroatoms. The first-order valence-corrected chi connectivity index (χ1v) is 17.4. The van der Waals surface area contributed by atoms with Gasteiger partial charge in [-0.05, 0) is 48.3 Å². The number of hydrogen-bond acceptors (Lipinski definition) is 0. The van der Waals surface area contributed by atoms with Crippen LogP contribution in [-0.2, 0) is 25.8 Å². The van der Waals surface area contributed by atoms with Crippen molar-refractivity contribution in [2.45, 2.75) is 55.4 Å². The molecule has 0 heterocycles. The maximum Gasteiger partial charge on any atom is 4.00 e. The molecule has 0 unspecified atom stereocenters. The van der Waals surface area contributed by atoms with E-state index in [0.29, 0.717) is 0 Å². The number of benzene rings is 2. The van der Waals surface area contributed by atoms with E-state index in [0.717, 1.165) is 23.7 Å². The third-order valence-electron chi connectivity index (χ3n) is 6.28. The van der Waals surface area contributed by atoms with Crippen molar-refractivity contribution >= 4 is 48.0 Å². The zero-order valence-electron chi connectivity index (χ0n) is 24.5. The summed E-state index contributed by atoms with van der Waals surface area (Å²) in [5.74, 6) is 3.20. The van der Waals surface area contributed by atoms with E-state index in [9.17, 15) is 0 Å². The van der Waals surface area contributed by atoms with E-state index in [4.69, 9.17) is 0 Å². The Kier molecular flexibility index (Phi) is 14.0. The molecule has 0 aliphatic heterocycles. The van der Waals surface area contributed by atoms with E-state index in [2.05, 4.69) is 128 Å². The molecule has 4 aromatic carbocycles.